The van der Waals surface area contributed by atoms with E-state index in [1.807, 2.05) is 37.6 Å². The molecule has 21 heavy (non-hydrogen) atoms. The first-order valence-electron chi connectivity index (χ1n) is 6.70. The SMILES string of the molecule is CSC(CO)C(C)NC(=O)c1ccc(-n2cccn2)cc1. The number of nitrogens with one attached hydrogen (secondary N) is 1. The van der Waals surface area contributed by atoms with Crippen molar-refractivity contribution in [3.63, 3.8) is 0 Å². The van der Waals surface area contributed by atoms with Gasteiger partial charge in [-0.15, -0.1) is 0 Å². The summed E-state index contributed by atoms with van der Waals surface area (Å²) in [7, 11) is 0. The molecule has 2 aromatic rings. The Balaban J connectivity index is 2.03. The first kappa shape index (κ1) is 15.6. The van der Waals surface area contributed by atoms with Gasteiger partial charge in [0.15, 0.2) is 0 Å². The second-order valence-corrected chi connectivity index (χ2v) is 5.79. The molecular weight excluding hydrogens is 286 g/mol. The third-order valence-electron chi connectivity index (χ3n) is 3.30. The maximum absolute atomic E-state index is 12.2. The van der Waals surface area contributed by atoms with E-state index in [0.29, 0.717) is 5.56 Å². The fourth-order valence-corrected chi connectivity index (χ4v) is 2.63. The molecule has 6 heteroatoms. The third kappa shape index (κ3) is 3.86. The van der Waals surface area contributed by atoms with Gasteiger partial charge in [-0.25, -0.2) is 4.68 Å². The van der Waals surface area contributed by atoms with Crippen LogP contribution in [0.1, 0.15) is 17.3 Å². The van der Waals surface area contributed by atoms with Gasteiger partial charge < -0.3 is 10.4 Å². The summed E-state index contributed by atoms with van der Waals surface area (Å²) in [5, 5.41) is 16.3. The van der Waals surface area contributed by atoms with E-state index in [1.54, 1.807) is 23.0 Å². The van der Waals surface area contributed by atoms with E-state index in [1.165, 1.54) is 11.8 Å². The van der Waals surface area contributed by atoms with E-state index >= 15 is 0 Å². The molecule has 0 saturated heterocycles. The van der Waals surface area contributed by atoms with Crippen LogP contribution in [0.4, 0.5) is 0 Å². The Hall–Kier alpha value is -1.79. The normalized spacial score (nSPS) is 13.7. The maximum atomic E-state index is 12.2. The fourth-order valence-electron chi connectivity index (χ4n) is 2.01. The van der Waals surface area contributed by atoms with Gasteiger partial charge in [-0.05, 0) is 43.5 Å². The van der Waals surface area contributed by atoms with Crippen LogP contribution >= 0.6 is 11.8 Å². The van der Waals surface area contributed by atoms with Gasteiger partial charge in [0.2, 0.25) is 0 Å². The first-order valence-corrected chi connectivity index (χ1v) is 7.99. The number of nitrogens with zero attached hydrogens (tertiary/aromatic N) is 2. The number of amides is 1. The van der Waals surface area contributed by atoms with Gasteiger partial charge in [0.1, 0.15) is 0 Å². The summed E-state index contributed by atoms with van der Waals surface area (Å²) in [5.74, 6) is -0.137. The van der Waals surface area contributed by atoms with Crippen molar-refractivity contribution in [2.75, 3.05) is 12.9 Å². The molecule has 0 aliphatic rings. The molecule has 1 amide bonds. The molecule has 112 valence electrons. The average Bonchev–Trinajstić information content (AvgIpc) is 3.03. The number of benzene rings is 1. The highest BCUT2D eigenvalue weighted by molar-refractivity contribution is 7.99. The summed E-state index contributed by atoms with van der Waals surface area (Å²) in [6.07, 6.45) is 5.48. The molecule has 0 radical (unpaired) electrons. The van der Waals surface area contributed by atoms with E-state index in [2.05, 4.69) is 10.4 Å². The van der Waals surface area contributed by atoms with Crippen LogP contribution in [-0.4, -0.2) is 44.9 Å². The Kier molecular flexibility index (Phi) is 5.41. The Bertz CT molecular complexity index is 565. The largest absolute Gasteiger partial charge is 0.395 e. The summed E-state index contributed by atoms with van der Waals surface area (Å²) in [6, 6.07) is 9.00. The quantitative estimate of drug-likeness (QED) is 0.852. The molecule has 1 aromatic heterocycles. The highest BCUT2D eigenvalue weighted by atomic mass is 32.2. The predicted octanol–water partition coefficient (Wildman–Crippen LogP) is 1.71. The molecule has 0 spiro atoms. The van der Waals surface area contributed by atoms with Crippen LogP contribution in [0.5, 0.6) is 0 Å². The Labute approximate surface area is 128 Å². The number of rotatable bonds is 6. The second-order valence-electron chi connectivity index (χ2n) is 4.72. The highest BCUT2D eigenvalue weighted by Crippen LogP contribution is 2.12. The van der Waals surface area contributed by atoms with Crippen LogP contribution in [0.15, 0.2) is 42.7 Å². The summed E-state index contributed by atoms with van der Waals surface area (Å²) < 4.78 is 1.74. The van der Waals surface area contributed by atoms with Crippen molar-refractivity contribution in [2.24, 2.45) is 0 Å². The number of aliphatic hydroxyl groups excluding tert-OH is 1. The third-order valence-corrected chi connectivity index (χ3v) is 4.46. The standard InChI is InChI=1S/C15H19N3O2S/c1-11(14(10-19)21-2)17-15(20)12-4-6-13(7-5-12)18-9-3-8-16-18/h3-9,11,14,19H,10H2,1-2H3,(H,17,20). The Morgan fingerprint density at radius 3 is 2.67 bits per heavy atom. The lowest BCUT2D eigenvalue weighted by atomic mass is 10.1. The minimum atomic E-state index is -0.137. The maximum Gasteiger partial charge on any atom is 0.251 e. The molecule has 1 aromatic carbocycles. The molecule has 2 atom stereocenters. The lowest BCUT2D eigenvalue weighted by Gasteiger charge is -2.21. The second kappa shape index (κ2) is 7.28. The van der Waals surface area contributed by atoms with Gasteiger partial charge in [0.05, 0.1) is 12.3 Å². The molecule has 2 rings (SSSR count). The summed E-state index contributed by atoms with van der Waals surface area (Å²) in [6.45, 7) is 1.94. The fraction of sp³-hybridized carbons (Fsp3) is 0.333. The monoisotopic (exact) mass is 305 g/mol. The van der Waals surface area contributed by atoms with Crippen molar-refractivity contribution in [3.8, 4) is 5.69 Å². The topological polar surface area (TPSA) is 67.2 Å². The zero-order valence-corrected chi connectivity index (χ0v) is 12.9. The van der Waals surface area contributed by atoms with Gasteiger partial charge in [-0.3, -0.25) is 4.79 Å². The molecule has 0 aliphatic heterocycles. The van der Waals surface area contributed by atoms with E-state index in [9.17, 15) is 9.90 Å². The number of aromatic nitrogens is 2. The minimum Gasteiger partial charge on any atom is -0.395 e. The molecule has 5 nitrogen and oxygen atoms in total. The van der Waals surface area contributed by atoms with Gasteiger partial charge in [-0.1, -0.05) is 0 Å². The Morgan fingerprint density at radius 2 is 2.14 bits per heavy atom. The summed E-state index contributed by atoms with van der Waals surface area (Å²) in [5.41, 5.74) is 1.50. The zero-order valence-electron chi connectivity index (χ0n) is 12.1. The zero-order chi connectivity index (χ0) is 15.2. The predicted molar refractivity (Wildman–Crippen MR) is 84.9 cm³/mol. The van der Waals surface area contributed by atoms with E-state index in [4.69, 9.17) is 0 Å². The van der Waals surface area contributed by atoms with Crippen LogP contribution in [-0.2, 0) is 0 Å². The molecule has 2 unspecified atom stereocenters. The van der Waals surface area contributed by atoms with Crippen LogP contribution < -0.4 is 5.32 Å². The number of aliphatic hydroxyl groups is 1. The lowest BCUT2D eigenvalue weighted by Crippen LogP contribution is -2.41. The molecule has 2 N–H and O–H groups in total. The average molecular weight is 305 g/mol. The number of hydrogen-bond acceptors (Lipinski definition) is 4. The number of hydrogen-bond donors (Lipinski definition) is 2. The van der Waals surface area contributed by atoms with Gasteiger partial charge in [-0.2, -0.15) is 16.9 Å². The first-order chi connectivity index (χ1) is 10.2. The highest BCUT2D eigenvalue weighted by Gasteiger charge is 2.18. The number of carbonyl (C=O) groups is 1. The number of carbonyl (C=O) groups excluding carboxylic acids is 1. The van der Waals surface area contributed by atoms with Crippen LogP contribution in [0, 0.1) is 0 Å². The summed E-state index contributed by atoms with van der Waals surface area (Å²) >= 11 is 1.54. The molecular formula is C15H19N3O2S. The lowest BCUT2D eigenvalue weighted by molar-refractivity contribution is 0.0936. The molecule has 0 aliphatic carbocycles. The van der Waals surface area contributed by atoms with Gasteiger partial charge in [0.25, 0.3) is 5.91 Å². The van der Waals surface area contributed by atoms with Gasteiger partial charge in [0, 0.05) is 29.2 Å². The van der Waals surface area contributed by atoms with E-state index in [-0.39, 0.29) is 23.8 Å². The van der Waals surface area contributed by atoms with Crippen molar-refractivity contribution in [1.82, 2.24) is 15.1 Å². The molecule has 0 fully saturated rings. The van der Waals surface area contributed by atoms with E-state index < -0.39 is 0 Å². The number of thioether (sulfide) groups is 1. The Morgan fingerprint density at radius 1 is 1.43 bits per heavy atom. The molecule has 0 saturated carbocycles. The van der Waals surface area contributed by atoms with Crippen molar-refractivity contribution >= 4 is 17.7 Å². The minimum absolute atomic E-state index is 0.00250. The molecule has 1 heterocycles. The molecule has 0 bridgehead atoms. The van der Waals surface area contributed by atoms with Crippen LogP contribution in [0.25, 0.3) is 5.69 Å². The van der Waals surface area contributed by atoms with Crippen LogP contribution in [0.3, 0.4) is 0 Å². The van der Waals surface area contributed by atoms with Crippen molar-refractivity contribution in [3.05, 3.63) is 48.3 Å². The van der Waals surface area contributed by atoms with Gasteiger partial charge >= 0.3 is 0 Å². The summed E-state index contributed by atoms with van der Waals surface area (Å²) in [4.78, 5) is 12.2. The smallest absolute Gasteiger partial charge is 0.251 e. The van der Waals surface area contributed by atoms with Crippen LogP contribution in [0.2, 0.25) is 0 Å². The van der Waals surface area contributed by atoms with Crippen molar-refractivity contribution < 1.29 is 9.90 Å². The van der Waals surface area contributed by atoms with E-state index in [0.717, 1.165) is 5.69 Å². The van der Waals surface area contributed by atoms with Crippen molar-refractivity contribution in [2.45, 2.75) is 18.2 Å². The van der Waals surface area contributed by atoms with Crippen molar-refractivity contribution in [1.29, 1.82) is 0 Å².